The van der Waals surface area contributed by atoms with Crippen molar-refractivity contribution in [2.24, 2.45) is 5.73 Å². The molecule has 0 spiro atoms. The molecule has 92 valence electrons. The van der Waals surface area contributed by atoms with Gasteiger partial charge in [0.15, 0.2) is 0 Å². The highest BCUT2D eigenvalue weighted by Gasteiger charge is 2.13. The first-order valence-electron chi connectivity index (χ1n) is 4.55. The summed E-state index contributed by atoms with van der Waals surface area (Å²) >= 11 is 0. The van der Waals surface area contributed by atoms with E-state index < -0.39 is 12.7 Å². The molecule has 0 amide bonds. The van der Waals surface area contributed by atoms with Gasteiger partial charge in [-0.2, -0.15) is 8.78 Å². The Morgan fingerprint density at radius 3 is 2.50 bits per heavy atom. The maximum atomic E-state index is 12.0. The summed E-state index contributed by atoms with van der Waals surface area (Å²) < 4.78 is 28.4. The summed E-state index contributed by atoms with van der Waals surface area (Å²) in [6.45, 7) is -2.96. The number of ether oxygens (including phenoxy) is 1. The van der Waals surface area contributed by atoms with Crippen LogP contribution in [0.15, 0.2) is 24.3 Å². The lowest BCUT2D eigenvalue weighted by molar-refractivity contribution is -0.0506. The van der Waals surface area contributed by atoms with E-state index in [0.717, 1.165) is 0 Å². The summed E-state index contributed by atoms with van der Waals surface area (Å²) in [6.07, 6.45) is 0.309. The summed E-state index contributed by atoms with van der Waals surface area (Å²) in [7, 11) is 0. The standard InChI is InChI=1S/C10H13F2NO2.ClH/c11-10(12)15-9-4-2-1-3-7(9)8(13)5-6-14;/h1-4,8,10,14H,5-6,13H2;1H/t8-;/m1./s1. The topological polar surface area (TPSA) is 55.5 Å². The Kier molecular flexibility index (Phi) is 6.96. The molecule has 0 saturated heterocycles. The van der Waals surface area contributed by atoms with Crippen LogP contribution in [-0.4, -0.2) is 18.3 Å². The van der Waals surface area contributed by atoms with E-state index >= 15 is 0 Å². The average molecular weight is 254 g/mol. The molecular weight excluding hydrogens is 240 g/mol. The lowest BCUT2D eigenvalue weighted by atomic mass is 10.0. The van der Waals surface area contributed by atoms with Gasteiger partial charge in [0.2, 0.25) is 0 Å². The first-order chi connectivity index (χ1) is 7.15. The molecule has 0 radical (unpaired) electrons. The number of nitrogens with two attached hydrogens (primary N) is 1. The molecule has 1 aromatic carbocycles. The fourth-order valence-corrected chi connectivity index (χ4v) is 1.28. The highest BCUT2D eigenvalue weighted by molar-refractivity contribution is 5.85. The zero-order valence-electron chi connectivity index (χ0n) is 8.48. The number of alkyl halides is 2. The molecule has 1 aromatic rings. The van der Waals surface area contributed by atoms with Crippen LogP contribution >= 0.6 is 12.4 Å². The fraction of sp³-hybridized carbons (Fsp3) is 0.400. The molecule has 16 heavy (non-hydrogen) atoms. The molecule has 0 heterocycles. The van der Waals surface area contributed by atoms with Gasteiger partial charge < -0.3 is 15.6 Å². The first kappa shape index (κ1) is 15.1. The maximum absolute atomic E-state index is 12.0. The fourth-order valence-electron chi connectivity index (χ4n) is 1.28. The molecule has 3 N–H and O–H groups in total. The van der Waals surface area contributed by atoms with Gasteiger partial charge in [-0.15, -0.1) is 12.4 Å². The monoisotopic (exact) mass is 253 g/mol. The third-order valence-electron chi connectivity index (χ3n) is 1.97. The summed E-state index contributed by atoms with van der Waals surface area (Å²) in [5.74, 6) is 0.0634. The van der Waals surface area contributed by atoms with Crippen molar-refractivity contribution >= 4 is 12.4 Å². The summed E-state index contributed by atoms with van der Waals surface area (Å²) in [4.78, 5) is 0. The number of hydrogen-bond donors (Lipinski definition) is 2. The molecule has 0 bridgehead atoms. The second-order valence-electron chi connectivity index (χ2n) is 3.04. The Hall–Kier alpha value is -0.910. The van der Waals surface area contributed by atoms with Crippen LogP contribution in [-0.2, 0) is 0 Å². The van der Waals surface area contributed by atoms with E-state index in [1.165, 1.54) is 6.07 Å². The van der Waals surface area contributed by atoms with Crippen molar-refractivity contribution in [3.8, 4) is 5.75 Å². The average Bonchev–Trinajstić information content (AvgIpc) is 2.18. The highest BCUT2D eigenvalue weighted by atomic mass is 35.5. The quantitative estimate of drug-likeness (QED) is 0.845. The molecule has 0 aliphatic carbocycles. The molecule has 0 aliphatic rings. The number of rotatable bonds is 5. The zero-order chi connectivity index (χ0) is 11.3. The van der Waals surface area contributed by atoms with Crippen molar-refractivity contribution in [3.63, 3.8) is 0 Å². The minimum atomic E-state index is -2.87. The predicted octanol–water partition coefficient (Wildman–Crippen LogP) is 2.09. The zero-order valence-corrected chi connectivity index (χ0v) is 9.29. The van der Waals surface area contributed by atoms with Gasteiger partial charge in [-0.3, -0.25) is 0 Å². The van der Waals surface area contributed by atoms with Gasteiger partial charge in [-0.25, -0.2) is 0 Å². The normalized spacial score (nSPS) is 12.1. The number of para-hydroxylation sites is 1. The van der Waals surface area contributed by atoms with E-state index in [9.17, 15) is 8.78 Å². The smallest absolute Gasteiger partial charge is 0.387 e. The molecule has 0 saturated carbocycles. The number of benzene rings is 1. The molecule has 3 nitrogen and oxygen atoms in total. The van der Waals surface area contributed by atoms with E-state index in [1.807, 2.05) is 0 Å². The summed E-state index contributed by atoms with van der Waals surface area (Å²) in [5.41, 5.74) is 6.18. The SMILES string of the molecule is Cl.N[C@H](CCO)c1ccccc1OC(F)F. The van der Waals surface area contributed by atoms with Gasteiger partial charge in [-0.1, -0.05) is 18.2 Å². The van der Waals surface area contributed by atoms with E-state index in [2.05, 4.69) is 4.74 Å². The number of aliphatic hydroxyl groups is 1. The van der Waals surface area contributed by atoms with E-state index in [1.54, 1.807) is 18.2 Å². The van der Waals surface area contributed by atoms with Crippen LogP contribution < -0.4 is 10.5 Å². The Morgan fingerprint density at radius 2 is 1.94 bits per heavy atom. The Bertz CT molecular complexity index is 313. The number of halogens is 3. The molecule has 0 fully saturated rings. The van der Waals surface area contributed by atoms with Crippen LogP contribution in [0.2, 0.25) is 0 Å². The number of hydrogen-bond acceptors (Lipinski definition) is 3. The predicted molar refractivity (Wildman–Crippen MR) is 59.0 cm³/mol. The minimum absolute atomic E-state index is 0. The van der Waals surface area contributed by atoms with Crippen LogP contribution in [0.25, 0.3) is 0 Å². The maximum Gasteiger partial charge on any atom is 0.387 e. The van der Waals surface area contributed by atoms with E-state index in [4.69, 9.17) is 10.8 Å². The van der Waals surface area contributed by atoms with Gasteiger partial charge in [0.05, 0.1) is 0 Å². The minimum Gasteiger partial charge on any atom is -0.434 e. The number of aliphatic hydroxyl groups excluding tert-OH is 1. The lowest BCUT2D eigenvalue weighted by Crippen LogP contribution is -2.14. The summed E-state index contributed by atoms with van der Waals surface area (Å²) in [5, 5.41) is 8.70. The largest absolute Gasteiger partial charge is 0.434 e. The Morgan fingerprint density at radius 1 is 1.31 bits per heavy atom. The molecule has 6 heteroatoms. The van der Waals surface area contributed by atoms with Crippen molar-refractivity contribution < 1.29 is 18.6 Å². The Balaban J connectivity index is 0.00000225. The molecule has 0 unspecified atom stereocenters. The van der Waals surface area contributed by atoms with Crippen molar-refractivity contribution in [2.45, 2.75) is 19.1 Å². The van der Waals surface area contributed by atoms with Gasteiger partial charge >= 0.3 is 6.61 Å². The van der Waals surface area contributed by atoms with E-state index in [0.29, 0.717) is 12.0 Å². The van der Waals surface area contributed by atoms with Crippen LogP contribution in [0.4, 0.5) is 8.78 Å². The third-order valence-corrected chi connectivity index (χ3v) is 1.97. The van der Waals surface area contributed by atoms with Crippen molar-refractivity contribution in [3.05, 3.63) is 29.8 Å². The summed E-state index contributed by atoms with van der Waals surface area (Å²) in [6, 6.07) is 5.82. The Labute approximate surface area is 98.6 Å². The van der Waals surface area contributed by atoms with Gasteiger partial charge in [0.1, 0.15) is 5.75 Å². The van der Waals surface area contributed by atoms with Crippen LogP contribution in [0, 0.1) is 0 Å². The lowest BCUT2D eigenvalue weighted by Gasteiger charge is -2.15. The molecule has 1 atom stereocenters. The van der Waals surface area contributed by atoms with Gasteiger partial charge in [0.25, 0.3) is 0 Å². The van der Waals surface area contributed by atoms with Crippen LogP contribution in [0.3, 0.4) is 0 Å². The molecule has 0 aliphatic heterocycles. The highest BCUT2D eigenvalue weighted by Crippen LogP contribution is 2.26. The van der Waals surface area contributed by atoms with Crippen molar-refractivity contribution in [1.29, 1.82) is 0 Å². The van der Waals surface area contributed by atoms with Gasteiger partial charge in [-0.05, 0) is 12.5 Å². The van der Waals surface area contributed by atoms with Crippen molar-refractivity contribution in [2.75, 3.05) is 6.61 Å². The second kappa shape index (κ2) is 7.38. The molecular formula is C10H14ClF2NO2. The molecule has 1 rings (SSSR count). The molecule has 0 aromatic heterocycles. The van der Waals surface area contributed by atoms with Gasteiger partial charge in [0, 0.05) is 18.2 Å². The first-order valence-corrected chi connectivity index (χ1v) is 4.55. The van der Waals surface area contributed by atoms with Crippen LogP contribution in [0.1, 0.15) is 18.0 Å². The van der Waals surface area contributed by atoms with Crippen LogP contribution in [0.5, 0.6) is 5.75 Å². The van der Waals surface area contributed by atoms with Crippen molar-refractivity contribution in [1.82, 2.24) is 0 Å². The third kappa shape index (κ3) is 4.30. The second-order valence-corrected chi connectivity index (χ2v) is 3.04. The van der Waals surface area contributed by atoms with E-state index in [-0.39, 0.29) is 24.8 Å².